The third kappa shape index (κ3) is 4.59. The van der Waals surface area contributed by atoms with Gasteiger partial charge in [0.2, 0.25) is 0 Å². The summed E-state index contributed by atoms with van der Waals surface area (Å²) in [6.07, 6.45) is 2.96. The number of allylic oxidation sites excluding steroid dienone is 1. The average Bonchev–Trinajstić information content (AvgIpc) is 2.54. The molecule has 0 saturated carbocycles. The molecule has 22 heavy (non-hydrogen) atoms. The van der Waals surface area contributed by atoms with Gasteiger partial charge in [0.25, 0.3) is 0 Å². The highest BCUT2D eigenvalue weighted by Crippen LogP contribution is 2.16. The van der Waals surface area contributed by atoms with E-state index < -0.39 is 11.9 Å². The van der Waals surface area contributed by atoms with Crippen LogP contribution in [-0.4, -0.2) is 11.9 Å². The predicted octanol–water partition coefficient (Wildman–Crippen LogP) is 3.53. The maximum atomic E-state index is 12.0. The zero-order valence-corrected chi connectivity index (χ0v) is 12.2. The van der Waals surface area contributed by atoms with Crippen LogP contribution < -0.4 is 4.74 Å². The summed E-state index contributed by atoms with van der Waals surface area (Å²) in [4.78, 5) is 23.2. The molecule has 0 amide bonds. The number of hydrogen-bond donors (Lipinski definition) is 0. The number of hydrogen-bond acceptors (Lipinski definition) is 4. The van der Waals surface area contributed by atoms with Gasteiger partial charge in [-0.3, -0.25) is 0 Å². The second kappa shape index (κ2) is 7.78. The zero-order chi connectivity index (χ0) is 15.8. The first kappa shape index (κ1) is 15.5. The van der Waals surface area contributed by atoms with Crippen molar-refractivity contribution >= 4 is 11.9 Å². The van der Waals surface area contributed by atoms with Crippen molar-refractivity contribution in [2.24, 2.45) is 0 Å². The molecule has 0 aliphatic heterocycles. The van der Waals surface area contributed by atoms with E-state index in [9.17, 15) is 9.59 Å². The minimum atomic E-state index is -0.427. The number of carbonyl (C=O) groups is 2. The second-order valence-electron chi connectivity index (χ2n) is 4.51. The molecule has 0 radical (unpaired) electrons. The maximum absolute atomic E-state index is 12.0. The van der Waals surface area contributed by atoms with Gasteiger partial charge in [-0.1, -0.05) is 36.4 Å². The first-order valence-electron chi connectivity index (χ1n) is 6.84. The Morgan fingerprint density at radius 2 is 1.82 bits per heavy atom. The lowest BCUT2D eigenvalue weighted by Gasteiger charge is -2.07. The first-order valence-corrected chi connectivity index (χ1v) is 6.84. The van der Waals surface area contributed by atoms with E-state index in [1.54, 1.807) is 61.5 Å². The molecule has 0 saturated heterocycles. The molecular weight excluding hydrogens is 280 g/mol. The van der Waals surface area contributed by atoms with Crippen LogP contribution in [0.25, 0.3) is 0 Å². The van der Waals surface area contributed by atoms with Crippen molar-refractivity contribution in [3.8, 4) is 5.75 Å². The molecular formula is C18H16O4. The van der Waals surface area contributed by atoms with Crippen LogP contribution in [0.2, 0.25) is 0 Å². The Morgan fingerprint density at radius 3 is 2.55 bits per heavy atom. The monoisotopic (exact) mass is 296 g/mol. The highest BCUT2D eigenvalue weighted by molar-refractivity contribution is 5.90. The molecule has 0 aliphatic rings. The fraction of sp³-hybridized carbons (Fsp3) is 0.111. The van der Waals surface area contributed by atoms with Crippen LogP contribution >= 0.6 is 0 Å². The summed E-state index contributed by atoms with van der Waals surface area (Å²) in [5, 5.41) is 0. The quantitative estimate of drug-likeness (QED) is 0.481. The van der Waals surface area contributed by atoms with E-state index in [0.29, 0.717) is 11.3 Å². The fourth-order valence-electron chi connectivity index (χ4n) is 1.78. The van der Waals surface area contributed by atoms with Gasteiger partial charge in [-0.2, -0.15) is 0 Å². The average molecular weight is 296 g/mol. The number of benzene rings is 2. The van der Waals surface area contributed by atoms with Crippen molar-refractivity contribution in [2.75, 3.05) is 0 Å². The summed E-state index contributed by atoms with van der Waals surface area (Å²) in [5.74, 6) is -0.425. The van der Waals surface area contributed by atoms with Crippen molar-refractivity contribution in [1.29, 1.82) is 0 Å². The summed E-state index contributed by atoms with van der Waals surface area (Å²) in [6.45, 7) is 1.87. The van der Waals surface area contributed by atoms with Crippen LogP contribution in [0.15, 0.2) is 66.7 Å². The van der Waals surface area contributed by atoms with Gasteiger partial charge in [0.1, 0.15) is 12.4 Å². The molecule has 2 aromatic rings. The molecule has 0 atom stereocenters. The van der Waals surface area contributed by atoms with E-state index in [-0.39, 0.29) is 6.61 Å². The van der Waals surface area contributed by atoms with Gasteiger partial charge in [0, 0.05) is 6.08 Å². The molecule has 0 unspecified atom stereocenters. The second-order valence-corrected chi connectivity index (χ2v) is 4.51. The molecule has 112 valence electrons. The van der Waals surface area contributed by atoms with E-state index in [1.165, 1.54) is 6.08 Å². The van der Waals surface area contributed by atoms with Crippen molar-refractivity contribution in [3.05, 3.63) is 77.9 Å². The number of carbonyl (C=O) groups excluding carboxylic acids is 2. The third-order valence-corrected chi connectivity index (χ3v) is 2.80. The van der Waals surface area contributed by atoms with E-state index in [2.05, 4.69) is 0 Å². The SMILES string of the molecule is CC=CC(=O)OCc1cccc(OC(=O)c2ccccc2)c1. The van der Waals surface area contributed by atoms with E-state index >= 15 is 0 Å². The van der Waals surface area contributed by atoms with Crippen LogP contribution in [-0.2, 0) is 16.1 Å². The zero-order valence-electron chi connectivity index (χ0n) is 12.2. The predicted molar refractivity (Wildman–Crippen MR) is 82.5 cm³/mol. The summed E-state index contributed by atoms with van der Waals surface area (Å²) in [7, 11) is 0. The normalized spacial score (nSPS) is 10.4. The van der Waals surface area contributed by atoms with Gasteiger partial charge >= 0.3 is 11.9 Å². The van der Waals surface area contributed by atoms with Gasteiger partial charge in [-0.25, -0.2) is 9.59 Å². The van der Waals surface area contributed by atoms with Crippen molar-refractivity contribution in [3.63, 3.8) is 0 Å². The van der Waals surface area contributed by atoms with Crippen molar-refractivity contribution in [2.45, 2.75) is 13.5 Å². The topological polar surface area (TPSA) is 52.6 Å². The largest absolute Gasteiger partial charge is 0.458 e. The highest BCUT2D eigenvalue weighted by Gasteiger charge is 2.08. The van der Waals surface area contributed by atoms with Crippen LogP contribution in [0.1, 0.15) is 22.8 Å². The molecule has 2 aromatic carbocycles. The molecule has 2 rings (SSSR count). The number of ether oxygens (including phenoxy) is 2. The minimum absolute atomic E-state index is 0.125. The van der Waals surface area contributed by atoms with Crippen LogP contribution in [0, 0.1) is 0 Å². The molecule has 4 nitrogen and oxygen atoms in total. The first-order chi connectivity index (χ1) is 10.7. The molecule has 4 heteroatoms. The standard InChI is InChI=1S/C18H16O4/c1-2-7-17(19)21-13-14-8-6-11-16(12-14)22-18(20)15-9-4-3-5-10-15/h2-12H,13H2,1H3. The molecule has 0 fully saturated rings. The van der Waals surface area contributed by atoms with Gasteiger partial charge in [0.15, 0.2) is 0 Å². The molecule has 0 bridgehead atoms. The van der Waals surface area contributed by atoms with E-state index in [1.807, 2.05) is 6.07 Å². The Labute approximate surface area is 129 Å². The van der Waals surface area contributed by atoms with Crippen molar-refractivity contribution < 1.29 is 19.1 Å². The lowest BCUT2D eigenvalue weighted by Crippen LogP contribution is -2.08. The Balaban J connectivity index is 1.99. The van der Waals surface area contributed by atoms with E-state index in [4.69, 9.17) is 9.47 Å². The third-order valence-electron chi connectivity index (χ3n) is 2.80. The molecule has 0 spiro atoms. The maximum Gasteiger partial charge on any atom is 0.343 e. The fourth-order valence-corrected chi connectivity index (χ4v) is 1.78. The molecule has 0 aliphatic carbocycles. The number of esters is 2. The van der Waals surface area contributed by atoms with Crippen LogP contribution in [0.4, 0.5) is 0 Å². The molecule has 0 aromatic heterocycles. The van der Waals surface area contributed by atoms with Gasteiger partial charge < -0.3 is 9.47 Å². The Hall–Kier alpha value is -2.88. The molecule has 0 N–H and O–H groups in total. The number of rotatable bonds is 5. The van der Waals surface area contributed by atoms with Gasteiger partial charge in [-0.15, -0.1) is 0 Å². The summed E-state index contributed by atoms with van der Waals surface area (Å²) in [5.41, 5.74) is 1.23. The Morgan fingerprint density at radius 1 is 1.05 bits per heavy atom. The van der Waals surface area contributed by atoms with E-state index in [0.717, 1.165) is 5.56 Å². The van der Waals surface area contributed by atoms with Crippen molar-refractivity contribution in [1.82, 2.24) is 0 Å². The molecule has 0 heterocycles. The summed E-state index contributed by atoms with van der Waals surface area (Å²) >= 11 is 0. The minimum Gasteiger partial charge on any atom is -0.458 e. The smallest absolute Gasteiger partial charge is 0.343 e. The summed E-state index contributed by atoms with van der Waals surface area (Å²) < 4.78 is 10.3. The highest BCUT2D eigenvalue weighted by atomic mass is 16.5. The van der Waals surface area contributed by atoms with Gasteiger partial charge in [0.05, 0.1) is 5.56 Å². The van der Waals surface area contributed by atoms with Crippen LogP contribution in [0.5, 0.6) is 5.75 Å². The lowest BCUT2D eigenvalue weighted by molar-refractivity contribution is -0.139. The summed E-state index contributed by atoms with van der Waals surface area (Å²) in [6, 6.07) is 15.6. The van der Waals surface area contributed by atoms with Gasteiger partial charge in [-0.05, 0) is 36.8 Å². The Bertz CT molecular complexity index is 674. The Kier molecular flexibility index (Phi) is 5.49. The van der Waals surface area contributed by atoms with Crippen LogP contribution in [0.3, 0.4) is 0 Å². The lowest BCUT2D eigenvalue weighted by atomic mass is 10.2.